The van der Waals surface area contributed by atoms with Crippen LogP contribution in [0.2, 0.25) is 0 Å². The molecule has 0 spiro atoms. The number of aryl methyl sites for hydroxylation is 2. The van der Waals surface area contributed by atoms with Gasteiger partial charge in [-0.15, -0.1) is 0 Å². The number of aromatic nitrogens is 2. The van der Waals surface area contributed by atoms with Gasteiger partial charge in [0, 0.05) is 31.7 Å². The molecule has 1 aromatic heterocycles. The second-order valence-electron chi connectivity index (χ2n) is 10.6. The number of carbonyl (C=O) groups excluding carboxylic acids is 1. The summed E-state index contributed by atoms with van der Waals surface area (Å²) in [5, 5.41) is 3.62. The lowest BCUT2D eigenvalue weighted by Crippen LogP contribution is -2.47. The van der Waals surface area contributed by atoms with Gasteiger partial charge in [-0.05, 0) is 74.8 Å². The van der Waals surface area contributed by atoms with Crippen LogP contribution in [0.3, 0.4) is 0 Å². The minimum atomic E-state index is -0.349. The number of primary amides is 1. The Hall–Kier alpha value is -2.83. The van der Waals surface area contributed by atoms with Crippen molar-refractivity contribution in [1.82, 2.24) is 9.97 Å². The smallest absolute Gasteiger partial charge is 0.319 e. The molecule has 4 rings (SSSR count). The van der Waals surface area contributed by atoms with Crippen LogP contribution in [0.4, 0.5) is 22.2 Å². The fourth-order valence-corrected chi connectivity index (χ4v) is 5.80. The molecule has 2 amide bonds. The first-order valence-corrected chi connectivity index (χ1v) is 13.3. The molecule has 2 aliphatic rings. The van der Waals surface area contributed by atoms with Gasteiger partial charge in [0.25, 0.3) is 0 Å². The molecule has 7 nitrogen and oxygen atoms in total. The maximum absolute atomic E-state index is 12.8. The van der Waals surface area contributed by atoms with Gasteiger partial charge in [0.1, 0.15) is 5.82 Å². The van der Waals surface area contributed by atoms with E-state index < -0.39 is 0 Å². The van der Waals surface area contributed by atoms with E-state index in [2.05, 4.69) is 63.3 Å². The number of benzene rings is 1. The molecular formula is C28H42N6O. The summed E-state index contributed by atoms with van der Waals surface area (Å²) >= 11 is 0. The fourth-order valence-electron chi connectivity index (χ4n) is 5.80. The number of nitrogens with one attached hydrogen (secondary N) is 1. The fraction of sp³-hybridized carbons (Fsp3) is 0.607. The van der Waals surface area contributed by atoms with E-state index >= 15 is 0 Å². The van der Waals surface area contributed by atoms with Crippen molar-refractivity contribution < 1.29 is 4.79 Å². The zero-order valence-corrected chi connectivity index (χ0v) is 22.1. The number of nitrogens with zero attached hydrogens (tertiary/aromatic N) is 4. The summed E-state index contributed by atoms with van der Waals surface area (Å²) in [5.41, 5.74) is 11.9. The first-order chi connectivity index (χ1) is 16.8. The Morgan fingerprint density at radius 1 is 1.11 bits per heavy atom. The number of fused-ring (bicyclic) bond motifs is 1. The molecule has 0 aliphatic heterocycles. The first kappa shape index (κ1) is 25.3. The second-order valence-corrected chi connectivity index (χ2v) is 10.6. The molecule has 7 heteroatoms. The Morgan fingerprint density at radius 3 is 2.46 bits per heavy atom. The van der Waals surface area contributed by atoms with Gasteiger partial charge in [-0.3, -0.25) is 4.90 Å². The third kappa shape index (κ3) is 5.39. The Kier molecular flexibility index (Phi) is 7.82. The van der Waals surface area contributed by atoms with Crippen molar-refractivity contribution in [2.75, 3.05) is 29.2 Å². The SMILES string of the molecule is CCc1cccc(C(C)C)c1N(C(N)=O)C1CCC(Nc2nc3c(c(N(C)C)n2)CCCC3)CC1. The van der Waals surface area contributed by atoms with Gasteiger partial charge in [-0.25, -0.2) is 9.78 Å². The number of anilines is 3. The van der Waals surface area contributed by atoms with Crippen molar-refractivity contribution >= 4 is 23.5 Å². The number of carbonyl (C=O) groups is 1. The number of hydrogen-bond acceptors (Lipinski definition) is 5. The predicted octanol–water partition coefficient (Wildman–Crippen LogP) is 5.42. The highest BCUT2D eigenvalue weighted by Crippen LogP contribution is 2.37. The zero-order valence-electron chi connectivity index (χ0n) is 22.1. The molecule has 2 aliphatic carbocycles. The van der Waals surface area contributed by atoms with Crippen LogP contribution in [0.15, 0.2) is 18.2 Å². The normalized spacial score (nSPS) is 19.8. The van der Waals surface area contributed by atoms with Gasteiger partial charge >= 0.3 is 6.03 Å². The van der Waals surface area contributed by atoms with Crippen molar-refractivity contribution in [3.05, 3.63) is 40.6 Å². The average Bonchev–Trinajstić information content (AvgIpc) is 2.84. The number of para-hydroxylation sites is 1. The lowest BCUT2D eigenvalue weighted by Gasteiger charge is -2.38. The molecule has 3 N–H and O–H groups in total. The minimum Gasteiger partial charge on any atom is -0.362 e. The van der Waals surface area contributed by atoms with Crippen LogP contribution in [-0.2, 0) is 19.3 Å². The highest BCUT2D eigenvalue weighted by atomic mass is 16.2. The van der Waals surface area contributed by atoms with E-state index in [-0.39, 0.29) is 12.1 Å². The number of rotatable bonds is 7. The lowest BCUT2D eigenvalue weighted by molar-refractivity contribution is 0.248. The van der Waals surface area contributed by atoms with Crippen LogP contribution in [0.25, 0.3) is 0 Å². The average molecular weight is 479 g/mol. The Labute approximate surface area is 210 Å². The number of nitrogens with two attached hydrogens (primary N) is 1. The van der Waals surface area contributed by atoms with E-state index in [4.69, 9.17) is 15.7 Å². The van der Waals surface area contributed by atoms with Gasteiger partial charge in [-0.2, -0.15) is 4.98 Å². The van der Waals surface area contributed by atoms with E-state index in [9.17, 15) is 4.79 Å². The quantitative estimate of drug-likeness (QED) is 0.555. The summed E-state index contributed by atoms with van der Waals surface area (Å²) in [6.07, 6.45) is 9.10. The third-order valence-corrected chi connectivity index (χ3v) is 7.61. The van der Waals surface area contributed by atoms with Gasteiger partial charge in [0.05, 0.1) is 11.4 Å². The highest BCUT2D eigenvalue weighted by Gasteiger charge is 2.32. The Balaban J connectivity index is 1.51. The summed E-state index contributed by atoms with van der Waals surface area (Å²) < 4.78 is 0. The van der Waals surface area contributed by atoms with Crippen molar-refractivity contribution in [1.29, 1.82) is 0 Å². The first-order valence-electron chi connectivity index (χ1n) is 13.3. The molecule has 0 radical (unpaired) electrons. The van der Waals surface area contributed by atoms with Crippen molar-refractivity contribution in [2.24, 2.45) is 5.73 Å². The molecule has 35 heavy (non-hydrogen) atoms. The maximum Gasteiger partial charge on any atom is 0.319 e. The van der Waals surface area contributed by atoms with E-state index in [0.717, 1.165) is 62.4 Å². The molecule has 1 fully saturated rings. The summed E-state index contributed by atoms with van der Waals surface area (Å²) in [5.74, 6) is 2.11. The molecule has 190 valence electrons. The van der Waals surface area contributed by atoms with Gasteiger partial charge < -0.3 is 16.0 Å². The molecule has 1 heterocycles. The maximum atomic E-state index is 12.8. The van der Waals surface area contributed by atoms with Gasteiger partial charge in [-0.1, -0.05) is 39.0 Å². The van der Waals surface area contributed by atoms with E-state index in [0.29, 0.717) is 12.0 Å². The summed E-state index contributed by atoms with van der Waals surface area (Å²) in [6, 6.07) is 6.41. The van der Waals surface area contributed by atoms with Crippen LogP contribution in [-0.4, -0.2) is 42.2 Å². The molecule has 1 aromatic carbocycles. The molecule has 2 aromatic rings. The summed E-state index contributed by atoms with van der Waals surface area (Å²) in [7, 11) is 4.12. The molecule has 1 saturated carbocycles. The van der Waals surface area contributed by atoms with Crippen LogP contribution in [0.5, 0.6) is 0 Å². The molecule has 0 atom stereocenters. The molecule has 0 unspecified atom stereocenters. The van der Waals surface area contributed by atoms with Crippen LogP contribution >= 0.6 is 0 Å². The summed E-state index contributed by atoms with van der Waals surface area (Å²) in [6.45, 7) is 6.50. The van der Waals surface area contributed by atoms with Crippen LogP contribution < -0.4 is 20.9 Å². The van der Waals surface area contributed by atoms with E-state index in [1.165, 1.54) is 35.2 Å². The number of amides is 2. The van der Waals surface area contributed by atoms with Crippen molar-refractivity contribution in [3.63, 3.8) is 0 Å². The standard InChI is InChI=1S/C28H42N6O/c1-6-19-10-9-12-22(18(2)3)25(19)34(27(29)35)21-16-14-20(15-17-21)30-28-31-24-13-8-7-11-23(24)26(32-28)33(4)5/h9-10,12,18,20-21H,6-8,11,13-17H2,1-5H3,(H2,29,35)(H,30,31,32). The number of hydrogen-bond donors (Lipinski definition) is 2. The highest BCUT2D eigenvalue weighted by molar-refractivity contribution is 5.93. The van der Waals surface area contributed by atoms with Crippen molar-refractivity contribution in [2.45, 2.75) is 96.6 Å². The Bertz CT molecular complexity index is 1040. The van der Waals surface area contributed by atoms with Gasteiger partial charge in [0.15, 0.2) is 0 Å². The lowest BCUT2D eigenvalue weighted by atomic mass is 9.88. The van der Waals surface area contributed by atoms with Crippen LogP contribution in [0.1, 0.15) is 87.6 Å². The van der Waals surface area contributed by atoms with Crippen LogP contribution in [0, 0.1) is 0 Å². The molecular weight excluding hydrogens is 436 g/mol. The third-order valence-electron chi connectivity index (χ3n) is 7.61. The minimum absolute atomic E-state index is 0.109. The van der Waals surface area contributed by atoms with E-state index in [1.54, 1.807) is 0 Å². The van der Waals surface area contributed by atoms with Crippen molar-refractivity contribution in [3.8, 4) is 0 Å². The zero-order chi connectivity index (χ0) is 25.1. The topological polar surface area (TPSA) is 87.4 Å². The molecule has 0 bridgehead atoms. The van der Waals surface area contributed by atoms with E-state index in [1.807, 2.05) is 4.90 Å². The predicted molar refractivity (Wildman–Crippen MR) is 145 cm³/mol. The Morgan fingerprint density at radius 2 is 1.83 bits per heavy atom. The monoisotopic (exact) mass is 478 g/mol. The summed E-state index contributed by atoms with van der Waals surface area (Å²) in [4.78, 5) is 26.5. The second kappa shape index (κ2) is 10.8. The number of urea groups is 1. The molecule has 0 saturated heterocycles. The largest absolute Gasteiger partial charge is 0.362 e. The van der Waals surface area contributed by atoms with Gasteiger partial charge in [0.2, 0.25) is 5.95 Å².